The Balaban J connectivity index is 1.79. The number of carbonyl (C=O) groups is 3. The van der Waals surface area contributed by atoms with Crippen LogP contribution in [0.3, 0.4) is 0 Å². The Bertz CT molecular complexity index is 1260. The van der Waals surface area contributed by atoms with Crippen LogP contribution in [0.4, 0.5) is 16.2 Å². The van der Waals surface area contributed by atoms with Gasteiger partial charge >= 0.3 is 6.03 Å². The maximum atomic E-state index is 13.4. The number of imide groups is 2. The molecule has 7 heteroatoms. The molecule has 1 saturated heterocycles. The molecule has 1 unspecified atom stereocenters. The molecular formula is C28H32ClN3O3. The van der Waals surface area contributed by atoms with Crippen molar-refractivity contribution < 1.29 is 14.4 Å². The minimum atomic E-state index is -0.756. The fourth-order valence-corrected chi connectivity index (χ4v) is 5.50. The summed E-state index contributed by atoms with van der Waals surface area (Å²) in [5, 5.41) is 2.76. The van der Waals surface area contributed by atoms with E-state index in [-0.39, 0.29) is 17.0 Å². The average molecular weight is 494 g/mol. The SMILES string of the molecule is CCCN1c2cc(Cl)c(/C=C3/C(=O)NC(=O)N(c4cccc(C)c4C)C3=O)cc2C(C)CC1(C)C. The lowest BCUT2D eigenvalue weighted by Crippen LogP contribution is -2.54. The summed E-state index contributed by atoms with van der Waals surface area (Å²) in [7, 11) is 0. The summed E-state index contributed by atoms with van der Waals surface area (Å²) >= 11 is 6.72. The number of hydrogen-bond donors (Lipinski definition) is 1. The maximum absolute atomic E-state index is 13.4. The number of halogens is 1. The van der Waals surface area contributed by atoms with Crippen molar-refractivity contribution in [1.29, 1.82) is 0 Å². The highest BCUT2D eigenvalue weighted by molar-refractivity contribution is 6.40. The number of rotatable bonds is 4. The van der Waals surface area contributed by atoms with E-state index in [1.807, 2.05) is 32.0 Å². The number of fused-ring (bicyclic) bond motifs is 1. The molecule has 2 aliphatic rings. The molecule has 2 aromatic rings. The number of aryl methyl sites for hydroxylation is 1. The van der Waals surface area contributed by atoms with Crippen LogP contribution in [0.2, 0.25) is 5.02 Å². The van der Waals surface area contributed by atoms with Crippen LogP contribution in [0.15, 0.2) is 35.9 Å². The van der Waals surface area contributed by atoms with Crippen LogP contribution in [0, 0.1) is 13.8 Å². The summed E-state index contributed by atoms with van der Waals surface area (Å²) in [6.07, 6.45) is 3.49. The quantitative estimate of drug-likeness (QED) is 0.411. The molecule has 35 heavy (non-hydrogen) atoms. The van der Waals surface area contributed by atoms with Gasteiger partial charge in [0.15, 0.2) is 0 Å². The van der Waals surface area contributed by atoms with Gasteiger partial charge in [0, 0.05) is 22.8 Å². The molecule has 0 aliphatic carbocycles. The third-order valence-electron chi connectivity index (χ3n) is 7.17. The first-order chi connectivity index (χ1) is 16.5. The third kappa shape index (κ3) is 4.36. The first-order valence-corrected chi connectivity index (χ1v) is 12.4. The van der Waals surface area contributed by atoms with E-state index in [2.05, 4.69) is 37.9 Å². The van der Waals surface area contributed by atoms with Gasteiger partial charge in [-0.2, -0.15) is 0 Å². The Morgan fingerprint density at radius 2 is 1.86 bits per heavy atom. The van der Waals surface area contributed by atoms with E-state index < -0.39 is 17.8 Å². The van der Waals surface area contributed by atoms with E-state index in [0.29, 0.717) is 16.3 Å². The summed E-state index contributed by atoms with van der Waals surface area (Å²) in [6, 6.07) is 8.55. The first-order valence-electron chi connectivity index (χ1n) is 12.0. The topological polar surface area (TPSA) is 69.7 Å². The normalized spacial score (nSPS) is 20.8. The number of benzene rings is 2. The van der Waals surface area contributed by atoms with Crippen LogP contribution in [-0.2, 0) is 9.59 Å². The summed E-state index contributed by atoms with van der Waals surface area (Å²) in [5.41, 5.74) is 4.88. The van der Waals surface area contributed by atoms with Gasteiger partial charge in [-0.3, -0.25) is 14.9 Å². The fourth-order valence-electron chi connectivity index (χ4n) is 5.29. The molecule has 1 fully saturated rings. The van der Waals surface area contributed by atoms with Crippen molar-refractivity contribution in [2.24, 2.45) is 0 Å². The smallest absolute Gasteiger partial charge is 0.335 e. The third-order valence-corrected chi connectivity index (χ3v) is 7.50. The Morgan fingerprint density at radius 1 is 1.14 bits per heavy atom. The van der Waals surface area contributed by atoms with E-state index in [1.165, 1.54) is 6.08 Å². The maximum Gasteiger partial charge on any atom is 0.335 e. The molecule has 4 amide bonds. The molecule has 2 aromatic carbocycles. The van der Waals surface area contributed by atoms with E-state index in [0.717, 1.165) is 46.7 Å². The molecule has 1 N–H and O–H groups in total. The molecule has 2 heterocycles. The van der Waals surface area contributed by atoms with E-state index >= 15 is 0 Å². The van der Waals surface area contributed by atoms with Gasteiger partial charge < -0.3 is 4.90 Å². The van der Waals surface area contributed by atoms with Crippen molar-refractivity contribution in [3.63, 3.8) is 0 Å². The number of barbiturate groups is 1. The standard InChI is InChI=1S/C28H32ClN3O3/c1-7-11-31-24-14-22(29)19(12-20(24)17(3)15-28(31,5)6)13-21-25(33)30-27(35)32(26(21)34)23-10-8-9-16(2)18(23)4/h8-10,12-14,17H,7,11,15H2,1-6H3,(H,30,33,35)/b21-13-. The Labute approximate surface area is 211 Å². The largest absolute Gasteiger partial charge is 0.366 e. The summed E-state index contributed by atoms with van der Waals surface area (Å²) in [5.74, 6) is -1.11. The molecule has 0 radical (unpaired) electrons. The Morgan fingerprint density at radius 3 is 2.54 bits per heavy atom. The van der Waals surface area contributed by atoms with E-state index in [9.17, 15) is 14.4 Å². The first kappa shape index (κ1) is 25.0. The van der Waals surface area contributed by atoms with Gasteiger partial charge in [-0.25, -0.2) is 9.69 Å². The summed E-state index contributed by atoms with van der Waals surface area (Å²) < 4.78 is 0. The van der Waals surface area contributed by atoms with Gasteiger partial charge in [-0.05, 0) is 93.0 Å². The van der Waals surface area contributed by atoms with E-state index in [1.54, 1.807) is 12.1 Å². The molecule has 184 valence electrons. The second-order valence-electron chi connectivity index (χ2n) is 10.2. The predicted molar refractivity (Wildman–Crippen MR) is 141 cm³/mol. The number of urea groups is 1. The highest BCUT2D eigenvalue weighted by Crippen LogP contribution is 2.45. The number of nitrogens with zero attached hydrogens (tertiary/aromatic N) is 2. The minimum absolute atomic E-state index is 0.00248. The average Bonchev–Trinajstić information content (AvgIpc) is 2.77. The summed E-state index contributed by atoms with van der Waals surface area (Å²) in [4.78, 5) is 42.2. The van der Waals surface area contributed by atoms with Crippen molar-refractivity contribution in [3.05, 3.63) is 63.2 Å². The summed E-state index contributed by atoms with van der Waals surface area (Å²) in [6.45, 7) is 13.5. The zero-order chi connectivity index (χ0) is 25.7. The lowest BCUT2D eigenvalue weighted by atomic mass is 9.79. The molecule has 6 nitrogen and oxygen atoms in total. The van der Waals surface area contributed by atoms with Crippen molar-refractivity contribution in [3.8, 4) is 0 Å². The minimum Gasteiger partial charge on any atom is -0.366 e. The highest BCUT2D eigenvalue weighted by Gasteiger charge is 2.39. The second kappa shape index (κ2) is 9.15. The van der Waals surface area contributed by atoms with Crippen LogP contribution >= 0.6 is 11.6 Å². The second-order valence-corrected chi connectivity index (χ2v) is 10.6. The molecule has 0 bridgehead atoms. The number of nitrogens with one attached hydrogen (secondary N) is 1. The molecular weight excluding hydrogens is 462 g/mol. The molecule has 2 aliphatic heterocycles. The number of carbonyl (C=O) groups excluding carboxylic acids is 3. The van der Waals surface area contributed by atoms with Gasteiger partial charge in [0.2, 0.25) is 0 Å². The number of hydrogen-bond acceptors (Lipinski definition) is 4. The molecule has 1 atom stereocenters. The molecule has 0 saturated carbocycles. The zero-order valence-corrected chi connectivity index (χ0v) is 21.9. The Hall–Kier alpha value is -3.12. The van der Waals surface area contributed by atoms with Gasteiger partial charge in [-0.15, -0.1) is 0 Å². The molecule has 0 spiro atoms. The molecule has 4 rings (SSSR count). The van der Waals surface area contributed by atoms with Crippen molar-refractivity contribution in [1.82, 2.24) is 5.32 Å². The Kier molecular flexibility index (Phi) is 6.54. The van der Waals surface area contributed by atoms with Crippen molar-refractivity contribution >= 4 is 46.9 Å². The predicted octanol–water partition coefficient (Wildman–Crippen LogP) is 6.13. The van der Waals surface area contributed by atoms with E-state index in [4.69, 9.17) is 11.6 Å². The van der Waals surface area contributed by atoms with Gasteiger partial charge in [0.1, 0.15) is 5.57 Å². The number of amides is 4. The fraction of sp³-hybridized carbons (Fsp3) is 0.393. The number of anilines is 2. The van der Waals surface area contributed by atoms with Gasteiger partial charge in [-0.1, -0.05) is 37.6 Å². The van der Waals surface area contributed by atoms with Crippen LogP contribution in [0.1, 0.15) is 68.7 Å². The monoisotopic (exact) mass is 493 g/mol. The highest BCUT2D eigenvalue weighted by atomic mass is 35.5. The van der Waals surface area contributed by atoms with Crippen LogP contribution in [0.25, 0.3) is 6.08 Å². The van der Waals surface area contributed by atoms with Gasteiger partial charge in [0.25, 0.3) is 11.8 Å². The van der Waals surface area contributed by atoms with Gasteiger partial charge in [0.05, 0.1) is 5.69 Å². The van der Waals surface area contributed by atoms with Crippen LogP contribution in [-0.4, -0.2) is 29.9 Å². The van der Waals surface area contributed by atoms with Crippen molar-refractivity contribution in [2.45, 2.75) is 65.8 Å². The molecule has 0 aromatic heterocycles. The van der Waals surface area contributed by atoms with Crippen molar-refractivity contribution in [2.75, 3.05) is 16.3 Å². The van der Waals surface area contributed by atoms with Crippen LogP contribution in [0.5, 0.6) is 0 Å². The lowest BCUT2D eigenvalue weighted by molar-refractivity contribution is -0.122. The zero-order valence-electron chi connectivity index (χ0n) is 21.2. The van der Waals surface area contributed by atoms with Crippen LogP contribution < -0.4 is 15.1 Å². The lowest BCUT2D eigenvalue weighted by Gasteiger charge is -2.47.